The summed E-state index contributed by atoms with van der Waals surface area (Å²) in [6, 6.07) is 7.87. The Morgan fingerprint density at radius 1 is 1.29 bits per heavy atom. The fourth-order valence-electron chi connectivity index (χ4n) is 3.21. The molecule has 2 rings (SSSR count). The molecule has 1 fully saturated rings. The van der Waals surface area contributed by atoms with Crippen molar-refractivity contribution < 1.29 is 4.79 Å². The molecule has 1 aliphatic carbocycles. The second-order valence-corrected chi connectivity index (χ2v) is 6.46. The lowest BCUT2D eigenvalue weighted by atomic mass is 9.82. The van der Waals surface area contributed by atoms with Crippen molar-refractivity contribution in [2.24, 2.45) is 11.8 Å². The van der Waals surface area contributed by atoms with E-state index in [2.05, 4.69) is 19.9 Å². The van der Waals surface area contributed by atoms with Gasteiger partial charge in [-0.15, -0.1) is 0 Å². The van der Waals surface area contributed by atoms with Gasteiger partial charge in [0.15, 0.2) is 0 Å². The van der Waals surface area contributed by atoms with Crippen molar-refractivity contribution in [1.82, 2.24) is 4.90 Å². The highest BCUT2D eigenvalue weighted by Gasteiger charge is 2.27. The van der Waals surface area contributed by atoms with E-state index < -0.39 is 0 Å². The summed E-state index contributed by atoms with van der Waals surface area (Å²) < 4.78 is 0. The highest BCUT2D eigenvalue weighted by molar-refractivity contribution is 5.79. The van der Waals surface area contributed by atoms with E-state index in [0.29, 0.717) is 12.5 Å². The summed E-state index contributed by atoms with van der Waals surface area (Å²) in [5, 5.41) is 0. The fraction of sp³-hybridized carbons (Fsp3) is 0.611. The van der Waals surface area contributed by atoms with E-state index in [4.69, 9.17) is 5.73 Å². The molecule has 0 aromatic heterocycles. The number of hydrogen-bond donors (Lipinski definition) is 1. The smallest absolute Gasteiger partial charge is 0.225 e. The van der Waals surface area contributed by atoms with Crippen molar-refractivity contribution in [2.75, 3.05) is 12.3 Å². The molecule has 0 unspecified atom stereocenters. The van der Waals surface area contributed by atoms with Crippen LogP contribution in [0.5, 0.6) is 0 Å². The van der Waals surface area contributed by atoms with Crippen LogP contribution in [-0.4, -0.2) is 17.4 Å². The third kappa shape index (κ3) is 4.48. The van der Waals surface area contributed by atoms with E-state index in [0.717, 1.165) is 43.0 Å². The maximum absolute atomic E-state index is 12.8. The van der Waals surface area contributed by atoms with Crippen molar-refractivity contribution in [3.8, 4) is 0 Å². The number of nitrogen functional groups attached to an aromatic ring is 1. The van der Waals surface area contributed by atoms with Crippen LogP contribution in [0.4, 0.5) is 5.69 Å². The number of hydrogen-bond acceptors (Lipinski definition) is 2. The van der Waals surface area contributed by atoms with Gasteiger partial charge in [-0.2, -0.15) is 0 Å². The molecular weight excluding hydrogens is 260 g/mol. The Morgan fingerprint density at radius 2 is 2.00 bits per heavy atom. The van der Waals surface area contributed by atoms with Crippen molar-refractivity contribution in [3.63, 3.8) is 0 Å². The molecule has 1 saturated carbocycles. The summed E-state index contributed by atoms with van der Waals surface area (Å²) in [6.07, 6.45) is 5.48. The third-order valence-corrected chi connectivity index (χ3v) is 4.49. The lowest BCUT2D eigenvalue weighted by Crippen LogP contribution is -2.37. The molecule has 0 saturated heterocycles. The molecule has 21 heavy (non-hydrogen) atoms. The van der Waals surface area contributed by atoms with E-state index >= 15 is 0 Å². The second kappa shape index (κ2) is 7.48. The Balaban J connectivity index is 2.02. The molecule has 116 valence electrons. The van der Waals surface area contributed by atoms with Gasteiger partial charge < -0.3 is 10.6 Å². The van der Waals surface area contributed by atoms with Crippen molar-refractivity contribution in [1.29, 1.82) is 0 Å². The van der Waals surface area contributed by atoms with Crippen molar-refractivity contribution in [2.45, 2.75) is 52.5 Å². The molecule has 0 radical (unpaired) electrons. The quantitative estimate of drug-likeness (QED) is 0.837. The monoisotopic (exact) mass is 288 g/mol. The zero-order valence-corrected chi connectivity index (χ0v) is 13.3. The SMILES string of the molecule is CCCN(Cc1cccc(N)c1)C(=O)C1CCC(C)CC1. The van der Waals surface area contributed by atoms with Gasteiger partial charge in [0.05, 0.1) is 0 Å². The van der Waals surface area contributed by atoms with E-state index in [1.807, 2.05) is 23.1 Å². The van der Waals surface area contributed by atoms with Crippen LogP contribution in [0.15, 0.2) is 24.3 Å². The van der Waals surface area contributed by atoms with Crippen LogP contribution < -0.4 is 5.73 Å². The number of amides is 1. The molecule has 0 spiro atoms. The molecule has 3 nitrogen and oxygen atoms in total. The molecule has 0 aliphatic heterocycles. The maximum Gasteiger partial charge on any atom is 0.225 e. The van der Waals surface area contributed by atoms with E-state index in [1.54, 1.807) is 0 Å². The van der Waals surface area contributed by atoms with Crippen molar-refractivity contribution >= 4 is 11.6 Å². The first-order valence-electron chi connectivity index (χ1n) is 8.23. The predicted molar refractivity (Wildman–Crippen MR) is 87.7 cm³/mol. The number of rotatable bonds is 5. The number of carbonyl (C=O) groups excluding carboxylic acids is 1. The zero-order chi connectivity index (χ0) is 15.2. The largest absolute Gasteiger partial charge is 0.399 e. The first-order chi connectivity index (χ1) is 10.1. The summed E-state index contributed by atoms with van der Waals surface area (Å²) >= 11 is 0. The first kappa shape index (κ1) is 15.9. The van der Waals surface area contributed by atoms with E-state index in [-0.39, 0.29) is 5.92 Å². The molecule has 3 heteroatoms. The van der Waals surface area contributed by atoms with Crippen LogP contribution in [0.3, 0.4) is 0 Å². The summed E-state index contributed by atoms with van der Waals surface area (Å²) in [4.78, 5) is 14.8. The Kier molecular flexibility index (Phi) is 5.66. The normalized spacial score (nSPS) is 22.0. The summed E-state index contributed by atoms with van der Waals surface area (Å²) in [5.74, 6) is 1.35. The summed E-state index contributed by atoms with van der Waals surface area (Å²) in [6.45, 7) is 5.93. The number of benzene rings is 1. The highest BCUT2D eigenvalue weighted by atomic mass is 16.2. The second-order valence-electron chi connectivity index (χ2n) is 6.46. The van der Waals surface area contributed by atoms with Gasteiger partial charge >= 0.3 is 0 Å². The number of carbonyl (C=O) groups is 1. The van der Waals surface area contributed by atoms with Crippen LogP contribution in [0.2, 0.25) is 0 Å². The Hall–Kier alpha value is -1.51. The zero-order valence-electron chi connectivity index (χ0n) is 13.3. The van der Waals surface area contributed by atoms with E-state index in [1.165, 1.54) is 12.8 Å². The molecule has 2 N–H and O–H groups in total. The van der Waals surface area contributed by atoms with Crippen LogP contribution in [0.1, 0.15) is 51.5 Å². The molecule has 0 bridgehead atoms. The average molecular weight is 288 g/mol. The maximum atomic E-state index is 12.8. The van der Waals surface area contributed by atoms with Gasteiger partial charge in [-0.1, -0.05) is 26.0 Å². The van der Waals surface area contributed by atoms with Gasteiger partial charge in [0.2, 0.25) is 5.91 Å². The predicted octanol–water partition coefficient (Wildman–Crippen LogP) is 3.83. The van der Waals surface area contributed by atoms with Gasteiger partial charge in [-0.25, -0.2) is 0 Å². The lowest BCUT2D eigenvalue weighted by Gasteiger charge is -2.31. The Morgan fingerprint density at radius 3 is 2.62 bits per heavy atom. The van der Waals surface area contributed by atoms with Crippen LogP contribution in [-0.2, 0) is 11.3 Å². The number of anilines is 1. The lowest BCUT2D eigenvalue weighted by molar-refractivity contribution is -0.137. The minimum Gasteiger partial charge on any atom is -0.399 e. The van der Waals surface area contributed by atoms with Crippen LogP contribution in [0.25, 0.3) is 0 Å². The number of nitrogens with zero attached hydrogens (tertiary/aromatic N) is 1. The molecular formula is C18H28N2O. The van der Waals surface area contributed by atoms with Crippen LogP contribution in [0, 0.1) is 11.8 Å². The van der Waals surface area contributed by atoms with Gasteiger partial charge in [0, 0.05) is 24.7 Å². The topological polar surface area (TPSA) is 46.3 Å². The molecule has 1 aromatic rings. The highest BCUT2D eigenvalue weighted by Crippen LogP contribution is 2.30. The standard InChI is InChI=1S/C18H28N2O/c1-3-11-20(13-15-5-4-6-17(19)12-15)18(21)16-9-7-14(2)8-10-16/h4-6,12,14,16H,3,7-11,13,19H2,1-2H3. The van der Waals surface area contributed by atoms with Gasteiger partial charge in [0.25, 0.3) is 0 Å². The Labute approximate surface area is 128 Å². The van der Waals surface area contributed by atoms with Crippen LogP contribution >= 0.6 is 0 Å². The molecule has 1 aromatic carbocycles. The van der Waals surface area contributed by atoms with Crippen molar-refractivity contribution in [3.05, 3.63) is 29.8 Å². The minimum atomic E-state index is 0.230. The fourth-order valence-corrected chi connectivity index (χ4v) is 3.21. The molecule has 0 atom stereocenters. The first-order valence-corrected chi connectivity index (χ1v) is 8.23. The van der Waals surface area contributed by atoms with Gasteiger partial charge in [0.1, 0.15) is 0 Å². The summed E-state index contributed by atoms with van der Waals surface area (Å²) in [5.41, 5.74) is 7.73. The number of nitrogens with two attached hydrogens (primary N) is 1. The van der Waals surface area contributed by atoms with E-state index in [9.17, 15) is 4.79 Å². The summed E-state index contributed by atoms with van der Waals surface area (Å²) in [7, 11) is 0. The Bertz CT molecular complexity index is 464. The molecule has 0 heterocycles. The van der Waals surface area contributed by atoms with Gasteiger partial charge in [-0.3, -0.25) is 4.79 Å². The third-order valence-electron chi connectivity index (χ3n) is 4.49. The molecule has 1 amide bonds. The molecule has 1 aliphatic rings. The minimum absolute atomic E-state index is 0.230. The average Bonchev–Trinajstić information content (AvgIpc) is 2.47. The van der Waals surface area contributed by atoms with Gasteiger partial charge in [-0.05, 0) is 55.7 Å².